The lowest BCUT2D eigenvalue weighted by Gasteiger charge is -2.12. The smallest absolute Gasteiger partial charge is 0.327 e. The highest BCUT2D eigenvalue weighted by atomic mass is 16.4. The predicted octanol–water partition coefficient (Wildman–Crippen LogP) is 1.84. The van der Waals surface area contributed by atoms with Crippen LogP contribution < -0.4 is 0 Å². The number of fused-ring (bicyclic) bond motifs is 2. The van der Waals surface area contributed by atoms with Gasteiger partial charge in [0.05, 0.1) is 0 Å². The zero-order valence-corrected chi connectivity index (χ0v) is 6.81. The summed E-state index contributed by atoms with van der Waals surface area (Å²) in [5.74, 6) is 0.988. The zero-order valence-electron chi connectivity index (χ0n) is 6.81. The van der Waals surface area contributed by atoms with E-state index in [2.05, 4.69) is 12.2 Å². The molecule has 1 N–H and O–H groups in total. The quantitative estimate of drug-likeness (QED) is 0.499. The fourth-order valence-electron chi connectivity index (χ4n) is 2.25. The molecule has 0 aromatic rings. The standard InChI is InChI=1S/C10H12O2/c11-10(12)4-3-9-6-7-1-2-8(9)5-7/h1-4,7-9H,5-6H2,(H,11,12)/b4-3+/t7-,8-,9+/m1/s1. The molecule has 0 spiro atoms. The first-order chi connectivity index (χ1) is 5.75. The average Bonchev–Trinajstić information content (AvgIpc) is 2.60. The fraction of sp³-hybridized carbons (Fsp3) is 0.500. The molecule has 2 bridgehead atoms. The van der Waals surface area contributed by atoms with Crippen LogP contribution in [-0.2, 0) is 4.79 Å². The van der Waals surface area contributed by atoms with Gasteiger partial charge in [0.25, 0.3) is 0 Å². The van der Waals surface area contributed by atoms with Gasteiger partial charge in [-0.15, -0.1) is 0 Å². The van der Waals surface area contributed by atoms with Gasteiger partial charge in [0.1, 0.15) is 0 Å². The van der Waals surface area contributed by atoms with Crippen LogP contribution >= 0.6 is 0 Å². The van der Waals surface area contributed by atoms with Crippen molar-refractivity contribution in [2.24, 2.45) is 17.8 Å². The summed E-state index contributed by atoms with van der Waals surface area (Å²) in [7, 11) is 0. The summed E-state index contributed by atoms with van der Waals surface area (Å²) in [4.78, 5) is 10.3. The number of carbonyl (C=O) groups is 1. The molecule has 0 radical (unpaired) electrons. The predicted molar refractivity (Wildman–Crippen MR) is 45.6 cm³/mol. The number of carboxylic acid groups (broad SMARTS) is 1. The number of carboxylic acids is 1. The van der Waals surface area contributed by atoms with E-state index in [1.807, 2.05) is 6.08 Å². The molecule has 0 unspecified atom stereocenters. The van der Waals surface area contributed by atoms with Crippen LogP contribution in [0.2, 0.25) is 0 Å². The van der Waals surface area contributed by atoms with Crippen molar-refractivity contribution in [1.82, 2.24) is 0 Å². The molecule has 0 saturated heterocycles. The number of rotatable bonds is 2. The lowest BCUT2D eigenvalue weighted by molar-refractivity contribution is -0.131. The Bertz CT molecular complexity index is 253. The Kier molecular flexibility index (Phi) is 1.75. The third-order valence-electron chi connectivity index (χ3n) is 2.82. The third-order valence-corrected chi connectivity index (χ3v) is 2.82. The van der Waals surface area contributed by atoms with Gasteiger partial charge in [-0.25, -0.2) is 4.79 Å². The Morgan fingerprint density at radius 3 is 2.75 bits per heavy atom. The fourth-order valence-corrected chi connectivity index (χ4v) is 2.25. The molecule has 2 heteroatoms. The van der Waals surface area contributed by atoms with Crippen molar-refractivity contribution in [3.63, 3.8) is 0 Å². The molecule has 0 amide bonds. The van der Waals surface area contributed by atoms with E-state index in [9.17, 15) is 4.79 Å². The van der Waals surface area contributed by atoms with Crippen molar-refractivity contribution >= 4 is 5.97 Å². The third kappa shape index (κ3) is 1.29. The molecule has 0 aromatic heterocycles. The van der Waals surface area contributed by atoms with Crippen LogP contribution in [-0.4, -0.2) is 11.1 Å². The van der Waals surface area contributed by atoms with Gasteiger partial charge in [-0.1, -0.05) is 18.2 Å². The largest absolute Gasteiger partial charge is 0.478 e. The summed E-state index contributed by atoms with van der Waals surface area (Å²) >= 11 is 0. The second kappa shape index (κ2) is 2.77. The SMILES string of the molecule is O=C(O)/C=C/[C@H]1C[C@@H]2C=C[C@@H]1C2. The molecule has 2 nitrogen and oxygen atoms in total. The monoisotopic (exact) mass is 164 g/mol. The summed E-state index contributed by atoms with van der Waals surface area (Å²) in [6.07, 6.45) is 9.98. The van der Waals surface area contributed by atoms with Crippen LogP contribution in [0.4, 0.5) is 0 Å². The van der Waals surface area contributed by atoms with E-state index < -0.39 is 5.97 Å². The van der Waals surface area contributed by atoms with Crippen LogP contribution in [0.25, 0.3) is 0 Å². The molecule has 1 fully saturated rings. The summed E-state index contributed by atoms with van der Waals surface area (Å²) in [6.45, 7) is 0. The minimum absolute atomic E-state index is 0.482. The minimum Gasteiger partial charge on any atom is -0.478 e. The van der Waals surface area contributed by atoms with Gasteiger partial charge in [-0.05, 0) is 30.6 Å². The van der Waals surface area contributed by atoms with E-state index in [1.165, 1.54) is 12.5 Å². The van der Waals surface area contributed by atoms with Crippen LogP contribution in [0.1, 0.15) is 12.8 Å². The van der Waals surface area contributed by atoms with Gasteiger partial charge in [0, 0.05) is 6.08 Å². The van der Waals surface area contributed by atoms with E-state index in [0.29, 0.717) is 11.8 Å². The first-order valence-corrected chi connectivity index (χ1v) is 4.35. The van der Waals surface area contributed by atoms with Gasteiger partial charge >= 0.3 is 5.97 Å². The molecule has 3 atom stereocenters. The molecule has 0 aliphatic heterocycles. The van der Waals surface area contributed by atoms with Gasteiger partial charge < -0.3 is 5.11 Å². The Morgan fingerprint density at radius 2 is 2.25 bits per heavy atom. The highest BCUT2D eigenvalue weighted by molar-refractivity contribution is 5.79. The van der Waals surface area contributed by atoms with Gasteiger partial charge in [0.15, 0.2) is 0 Å². The molecule has 64 valence electrons. The topological polar surface area (TPSA) is 37.3 Å². The summed E-state index contributed by atoms with van der Waals surface area (Å²) in [5.41, 5.74) is 0. The second-order valence-corrected chi connectivity index (χ2v) is 3.64. The summed E-state index contributed by atoms with van der Waals surface area (Å²) in [6, 6.07) is 0. The number of hydrogen-bond donors (Lipinski definition) is 1. The van der Waals surface area contributed by atoms with E-state index >= 15 is 0 Å². The minimum atomic E-state index is -0.832. The molecule has 0 aromatic carbocycles. The molecule has 12 heavy (non-hydrogen) atoms. The summed E-state index contributed by atoms with van der Waals surface area (Å²) < 4.78 is 0. The highest BCUT2D eigenvalue weighted by Crippen LogP contribution is 2.43. The van der Waals surface area contributed by atoms with Crippen LogP contribution in [0.3, 0.4) is 0 Å². The van der Waals surface area contributed by atoms with E-state index in [1.54, 1.807) is 0 Å². The molecular formula is C10H12O2. The Morgan fingerprint density at radius 1 is 1.42 bits per heavy atom. The van der Waals surface area contributed by atoms with E-state index in [-0.39, 0.29) is 0 Å². The first-order valence-electron chi connectivity index (χ1n) is 4.35. The number of allylic oxidation sites excluding steroid dienone is 3. The molecule has 2 aliphatic carbocycles. The van der Waals surface area contributed by atoms with Crippen LogP contribution in [0.15, 0.2) is 24.3 Å². The van der Waals surface area contributed by atoms with Gasteiger partial charge in [-0.2, -0.15) is 0 Å². The molecule has 2 aliphatic rings. The van der Waals surface area contributed by atoms with Crippen LogP contribution in [0.5, 0.6) is 0 Å². The van der Waals surface area contributed by atoms with Crippen molar-refractivity contribution in [2.45, 2.75) is 12.8 Å². The summed E-state index contributed by atoms with van der Waals surface area (Å²) in [5, 5.41) is 8.44. The maximum atomic E-state index is 10.3. The molecule has 1 saturated carbocycles. The van der Waals surface area contributed by atoms with Crippen LogP contribution in [0, 0.1) is 17.8 Å². The second-order valence-electron chi connectivity index (χ2n) is 3.64. The zero-order chi connectivity index (χ0) is 8.55. The Hall–Kier alpha value is -1.05. The van der Waals surface area contributed by atoms with E-state index in [4.69, 9.17) is 5.11 Å². The van der Waals surface area contributed by atoms with Gasteiger partial charge in [0.2, 0.25) is 0 Å². The average molecular weight is 164 g/mol. The number of aliphatic carboxylic acids is 1. The lowest BCUT2D eigenvalue weighted by atomic mass is 9.93. The van der Waals surface area contributed by atoms with Crippen molar-refractivity contribution in [3.05, 3.63) is 24.3 Å². The first kappa shape index (κ1) is 7.59. The number of hydrogen-bond acceptors (Lipinski definition) is 1. The maximum Gasteiger partial charge on any atom is 0.327 e. The Balaban J connectivity index is 1.99. The van der Waals surface area contributed by atoms with Gasteiger partial charge in [-0.3, -0.25) is 0 Å². The van der Waals surface area contributed by atoms with Crippen molar-refractivity contribution in [2.75, 3.05) is 0 Å². The van der Waals surface area contributed by atoms with Crippen molar-refractivity contribution in [1.29, 1.82) is 0 Å². The molecular weight excluding hydrogens is 152 g/mol. The lowest BCUT2D eigenvalue weighted by Crippen LogP contribution is -2.03. The van der Waals surface area contributed by atoms with E-state index in [0.717, 1.165) is 12.3 Å². The molecule has 0 heterocycles. The molecule has 2 rings (SSSR count). The van der Waals surface area contributed by atoms with Crippen molar-refractivity contribution in [3.8, 4) is 0 Å². The Labute approximate surface area is 71.6 Å². The highest BCUT2D eigenvalue weighted by Gasteiger charge is 2.33. The maximum absolute atomic E-state index is 10.3. The normalized spacial score (nSPS) is 38.2. The van der Waals surface area contributed by atoms with Crippen molar-refractivity contribution < 1.29 is 9.90 Å².